The van der Waals surface area contributed by atoms with E-state index in [2.05, 4.69) is 15.4 Å². The van der Waals surface area contributed by atoms with Gasteiger partial charge in [-0.15, -0.1) is 0 Å². The molecule has 0 aliphatic rings. The first kappa shape index (κ1) is 18.7. The molecule has 0 saturated heterocycles. The van der Waals surface area contributed by atoms with E-state index in [1.165, 1.54) is 12.1 Å². The summed E-state index contributed by atoms with van der Waals surface area (Å²) in [5.41, 5.74) is 0.562. The van der Waals surface area contributed by atoms with Gasteiger partial charge in [0.25, 0.3) is 5.91 Å². The number of nitrogens with one attached hydrogen (secondary N) is 1. The van der Waals surface area contributed by atoms with Gasteiger partial charge in [-0.3, -0.25) is 9.48 Å². The third-order valence-electron chi connectivity index (χ3n) is 4.02. The Hall–Kier alpha value is -3.10. The van der Waals surface area contributed by atoms with Gasteiger partial charge in [0.05, 0.1) is 29.1 Å². The molecule has 1 atom stereocenters. The molecule has 27 heavy (non-hydrogen) atoms. The van der Waals surface area contributed by atoms with Crippen LogP contribution in [0, 0.1) is 6.92 Å². The molecule has 0 bridgehead atoms. The Labute approximate surface area is 153 Å². The van der Waals surface area contributed by atoms with Crippen molar-refractivity contribution < 1.29 is 22.4 Å². The van der Waals surface area contributed by atoms with Gasteiger partial charge in [-0.25, -0.2) is 4.98 Å². The minimum absolute atomic E-state index is 0.00711. The number of hydrogen-bond donors (Lipinski definition) is 1. The molecule has 0 aliphatic carbocycles. The van der Waals surface area contributed by atoms with E-state index in [1.54, 1.807) is 38.0 Å². The van der Waals surface area contributed by atoms with E-state index in [1.807, 2.05) is 0 Å². The zero-order valence-corrected chi connectivity index (χ0v) is 14.8. The van der Waals surface area contributed by atoms with Crippen LogP contribution < -0.4 is 5.32 Å². The molecule has 1 unspecified atom stereocenters. The molecular weight excluding hydrogens is 361 g/mol. The number of carbonyl (C=O) groups excluding carboxylic acids is 1. The second-order valence-electron chi connectivity index (χ2n) is 6.15. The molecule has 2 aromatic heterocycles. The molecule has 6 nitrogen and oxygen atoms in total. The molecule has 1 amide bonds. The summed E-state index contributed by atoms with van der Waals surface area (Å²) in [6.45, 7) is 3.22. The Morgan fingerprint density at radius 2 is 2.07 bits per heavy atom. The highest BCUT2D eigenvalue weighted by Gasteiger charge is 2.31. The largest absolute Gasteiger partial charge is 0.431 e. The summed E-state index contributed by atoms with van der Waals surface area (Å²) in [6, 6.07) is 4.18. The number of halogens is 3. The Morgan fingerprint density at radius 1 is 1.33 bits per heavy atom. The maximum atomic E-state index is 12.9. The molecule has 0 aliphatic heterocycles. The Kier molecular flexibility index (Phi) is 4.77. The number of amides is 1. The van der Waals surface area contributed by atoms with E-state index in [9.17, 15) is 18.0 Å². The molecule has 9 heteroatoms. The second-order valence-corrected chi connectivity index (χ2v) is 6.15. The van der Waals surface area contributed by atoms with Crippen LogP contribution in [0.5, 0.6) is 0 Å². The number of nitrogens with zero attached hydrogens (tertiary/aromatic N) is 3. The molecule has 1 aromatic carbocycles. The Balaban J connectivity index is 1.78. The predicted molar refractivity (Wildman–Crippen MR) is 90.8 cm³/mol. The fourth-order valence-corrected chi connectivity index (χ4v) is 2.59. The zero-order chi connectivity index (χ0) is 19.8. The number of aryl methyl sites for hydroxylation is 2. The smallest absolute Gasteiger partial charge is 0.416 e. The van der Waals surface area contributed by atoms with Gasteiger partial charge in [0.2, 0.25) is 11.7 Å². The van der Waals surface area contributed by atoms with Crippen LogP contribution in [0.25, 0.3) is 11.5 Å². The Bertz CT molecular complexity index is 975. The minimum atomic E-state index is -4.44. The van der Waals surface area contributed by atoms with Crippen molar-refractivity contribution in [3.63, 3.8) is 0 Å². The summed E-state index contributed by atoms with van der Waals surface area (Å²) in [5.74, 6) is -0.301. The topological polar surface area (TPSA) is 73.0 Å². The molecule has 0 saturated carbocycles. The second kappa shape index (κ2) is 6.90. The van der Waals surface area contributed by atoms with Crippen LogP contribution in [0.3, 0.4) is 0 Å². The summed E-state index contributed by atoms with van der Waals surface area (Å²) in [5, 5.41) is 6.66. The van der Waals surface area contributed by atoms with Crippen molar-refractivity contribution in [1.82, 2.24) is 20.1 Å². The van der Waals surface area contributed by atoms with Crippen molar-refractivity contribution in [3.8, 4) is 11.5 Å². The number of benzene rings is 1. The minimum Gasteiger partial charge on any atom is -0.431 e. The lowest BCUT2D eigenvalue weighted by atomic mass is 10.0. The van der Waals surface area contributed by atoms with Crippen LogP contribution in [0.2, 0.25) is 0 Å². The van der Waals surface area contributed by atoms with Gasteiger partial charge in [0.15, 0.2) is 0 Å². The molecule has 142 valence electrons. The molecular formula is C18H17F3N4O2. The zero-order valence-electron chi connectivity index (χ0n) is 14.8. The third kappa shape index (κ3) is 4.02. The molecule has 1 N–H and O–H groups in total. The van der Waals surface area contributed by atoms with Crippen molar-refractivity contribution in [2.45, 2.75) is 26.1 Å². The fourth-order valence-electron chi connectivity index (χ4n) is 2.59. The van der Waals surface area contributed by atoms with Gasteiger partial charge in [-0.05, 0) is 31.5 Å². The average Bonchev–Trinajstić information content (AvgIpc) is 3.20. The van der Waals surface area contributed by atoms with E-state index in [4.69, 9.17) is 4.42 Å². The van der Waals surface area contributed by atoms with Crippen molar-refractivity contribution in [1.29, 1.82) is 0 Å². The number of oxazole rings is 1. The van der Waals surface area contributed by atoms with Gasteiger partial charge >= 0.3 is 6.18 Å². The number of aromatic nitrogens is 3. The van der Waals surface area contributed by atoms with Gasteiger partial charge in [-0.1, -0.05) is 12.1 Å². The lowest BCUT2D eigenvalue weighted by Gasteiger charge is -2.15. The molecule has 0 spiro atoms. The fraction of sp³-hybridized carbons (Fsp3) is 0.278. The summed E-state index contributed by atoms with van der Waals surface area (Å²) in [4.78, 5) is 16.7. The standard InChI is InChI=1S/C18H17F3N4O2/c1-10(12-5-4-6-14(7-12)18(19,20)21)23-16(26)15-11(2)24-17(27-15)13-8-22-25(3)9-13/h4-10H,1-3H3,(H,23,26). The number of hydrogen-bond acceptors (Lipinski definition) is 4. The number of rotatable bonds is 4. The van der Waals surface area contributed by atoms with Gasteiger partial charge in [0.1, 0.15) is 0 Å². The van der Waals surface area contributed by atoms with Crippen LogP contribution in [0.1, 0.15) is 40.3 Å². The molecule has 0 fully saturated rings. The molecule has 2 heterocycles. The summed E-state index contributed by atoms with van der Waals surface area (Å²) < 4.78 is 45.7. The van der Waals surface area contributed by atoms with Gasteiger partial charge < -0.3 is 9.73 Å². The van der Waals surface area contributed by atoms with Crippen molar-refractivity contribution in [2.24, 2.45) is 7.05 Å². The normalized spacial score (nSPS) is 12.8. The highest BCUT2D eigenvalue weighted by Crippen LogP contribution is 2.31. The highest BCUT2D eigenvalue weighted by atomic mass is 19.4. The van der Waals surface area contributed by atoms with E-state index in [0.717, 1.165) is 12.1 Å². The lowest BCUT2D eigenvalue weighted by Crippen LogP contribution is -2.27. The van der Waals surface area contributed by atoms with Crippen LogP contribution in [0.15, 0.2) is 41.1 Å². The van der Waals surface area contributed by atoms with Crippen LogP contribution >= 0.6 is 0 Å². The average molecular weight is 378 g/mol. The van der Waals surface area contributed by atoms with Gasteiger partial charge in [0, 0.05) is 13.2 Å². The monoisotopic (exact) mass is 378 g/mol. The predicted octanol–water partition coefficient (Wildman–Crippen LogP) is 3.89. The van der Waals surface area contributed by atoms with Crippen molar-refractivity contribution >= 4 is 5.91 Å². The van der Waals surface area contributed by atoms with Crippen LogP contribution in [-0.4, -0.2) is 20.7 Å². The summed E-state index contributed by atoms with van der Waals surface area (Å²) in [6.07, 6.45) is -1.20. The van der Waals surface area contributed by atoms with Crippen LogP contribution in [-0.2, 0) is 13.2 Å². The van der Waals surface area contributed by atoms with E-state index in [0.29, 0.717) is 16.8 Å². The lowest BCUT2D eigenvalue weighted by molar-refractivity contribution is -0.137. The first-order valence-electron chi connectivity index (χ1n) is 8.09. The first-order chi connectivity index (χ1) is 12.6. The number of alkyl halides is 3. The molecule has 3 rings (SSSR count). The highest BCUT2D eigenvalue weighted by molar-refractivity contribution is 5.93. The van der Waals surface area contributed by atoms with Crippen LogP contribution in [0.4, 0.5) is 13.2 Å². The molecule has 3 aromatic rings. The van der Waals surface area contributed by atoms with E-state index in [-0.39, 0.29) is 11.7 Å². The maximum Gasteiger partial charge on any atom is 0.416 e. The maximum absolute atomic E-state index is 12.9. The quantitative estimate of drug-likeness (QED) is 0.748. The number of carbonyl (C=O) groups is 1. The molecule has 0 radical (unpaired) electrons. The van der Waals surface area contributed by atoms with Crippen molar-refractivity contribution in [3.05, 3.63) is 59.2 Å². The van der Waals surface area contributed by atoms with E-state index >= 15 is 0 Å². The SMILES string of the molecule is Cc1nc(-c2cnn(C)c2)oc1C(=O)NC(C)c1cccc(C(F)(F)F)c1. The summed E-state index contributed by atoms with van der Waals surface area (Å²) >= 11 is 0. The first-order valence-corrected chi connectivity index (χ1v) is 8.09. The van der Waals surface area contributed by atoms with Gasteiger partial charge in [-0.2, -0.15) is 18.3 Å². The summed E-state index contributed by atoms with van der Waals surface area (Å²) in [7, 11) is 1.74. The third-order valence-corrected chi connectivity index (χ3v) is 4.02. The Morgan fingerprint density at radius 3 is 2.70 bits per heavy atom. The van der Waals surface area contributed by atoms with Crippen molar-refractivity contribution in [2.75, 3.05) is 0 Å². The van der Waals surface area contributed by atoms with E-state index < -0.39 is 23.7 Å².